The predicted molar refractivity (Wildman–Crippen MR) is 135 cm³/mol. The molecule has 4 nitrogen and oxygen atoms in total. The molecule has 1 aliphatic heterocycles. The van der Waals surface area contributed by atoms with Crippen molar-refractivity contribution in [3.05, 3.63) is 123 Å². The highest BCUT2D eigenvalue weighted by atomic mass is 35.5. The first-order valence-corrected chi connectivity index (χ1v) is 12.0. The lowest BCUT2D eigenvalue weighted by Gasteiger charge is -2.37. The first-order chi connectivity index (χ1) is 17.3. The van der Waals surface area contributed by atoms with Crippen LogP contribution < -0.4 is 10.6 Å². The number of benzene rings is 3. The Balaban J connectivity index is 1.58. The van der Waals surface area contributed by atoms with Gasteiger partial charge in [-0.3, -0.25) is 9.59 Å². The average molecular weight is 505 g/mol. The third-order valence-electron chi connectivity index (χ3n) is 6.74. The van der Waals surface area contributed by atoms with E-state index in [2.05, 4.69) is 10.6 Å². The summed E-state index contributed by atoms with van der Waals surface area (Å²) in [4.78, 5) is 27.2. The molecule has 3 aromatic carbocycles. The van der Waals surface area contributed by atoms with Crippen molar-refractivity contribution in [3.8, 4) is 0 Å². The number of allylic oxidation sites excluding steroid dienone is 3. The molecule has 2 N–H and O–H groups in total. The van der Waals surface area contributed by atoms with Gasteiger partial charge in [0.1, 0.15) is 11.6 Å². The monoisotopic (exact) mass is 504 g/mol. The lowest BCUT2D eigenvalue weighted by molar-refractivity contribution is -0.116. The molecule has 1 heterocycles. The highest BCUT2D eigenvalue weighted by Crippen LogP contribution is 2.47. The smallest absolute Gasteiger partial charge is 0.254 e. The Bertz CT molecular complexity index is 1430. The maximum absolute atomic E-state index is 14.3. The van der Waals surface area contributed by atoms with E-state index < -0.39 is 23.5 Å². The zero-order valence-electron chi connectivity index (χ0n) is 19.4. The summed E-state index contributed by atoms with van der Waals surface area (Å²) in [6, 6.07) is 19.9. The number of hydrogen-bond acceptors (Lipinski definition) is 3. The summed E-state index contributed by atoms with van der Waals surface area (Å²) in [5.74, 6) is -3.03. The van der Waals surface area contributed by atoms with Crippen molar-refractivity contribution < 1.29 is 18.4 Å². The van der Waals surface area contributed by atoms with E-state index in [0.29, 0.717) is 40.8 Å². The Kier molecular flexibility index (Phi) is 6.46. The van der Waals surface area contributed by atoms with Crippen LogP contribution in [0, 0.1) is 11.6 Å². The standard InChI is InChI=1S/C29H23ClF2N2O2/c1-16-26(29(36)34-23-12-11-19(31)15-22(23)32)27(20-9-5-6-10-21(20)30)28-24(33-16)13-18(14-25(28)35)17-7-3-2-4-8-17/h2-12,15,18,27,33H,13-14H2,1H3,(H,34,36). The molecular formula is C29H23ClF2N2O2. The lowest BCUT2D eigenvalue weighted by Crippen LogP contribution is -2.37. The fourth-order valence-electron chi connectivity index (χ4n) is 5.10. The van der Waals surface area contributed by atoms with Crippen LogP contribution in [-0.2, 0) is 9.59 Å². The van der Waals surface area contributed by atoms with Crippen molar-refractivity contribution in [1.29, 1.82) is 0 Å². The number of anilines is 1. The molecule has 1 aliphatic carbocycles. The van der Waals surface area contributed by atoms with Crippen LogP contribution >= 0.6 is 11.6 Å². The molecule has 0 bridgehead atoms. The minimum absolute atomic E-state index is 0.00772. The number of halogens is 3. The fraction of sp³-hybridized carbons (Fsp3) is 0.172. The number of nitrogens with one attached hydrogen (secondary N) is 2. The molecule has 3 aromatic rings. The van der Waals surface area contributed by atoms with Crippen molar-refractivity contribution in [2.75, 3.05) is 5.32 Å². The van der Waals surface area contributed by atoms with Crippen molar-refractivity contribution in [2.24, 2.45) is 0 Å². The molecule has 1 amide bonds. The van der Waals surface area contributed by atoms with E-state index in [0.717, 1.165) is 17.3 Å². The minimum atomic E-state index is -0.890. The van der Waals surface area contributed by atoms with Crippen LogP contribution in [0.2, 0.25) is 5.02 Å². The topological polar surface area (TPSA) is 58.2 Å². The van der Waals surface area contributed by atoms with E-state index in [-0.39, 0.29) is 23.0 Å². The number of carbonyl (C=O) groups excluding carboxylic acids is 2. The van der Waals surface area contributed by atoms with Gasteiger partial charge < -0.3 is 10.6 Å². The Morgan fingerprint density at radius 3 is 2.44 bits per heavy atom. The van der Waals surface area contributed by atoms with Gasteiger partial charge in [-0.05, 0) is 48.6 Å². The molecule has 36 heavy (non-hydrogen) atoms. The second kappa shape index (κ2) is 9.70. The van der Waals surface area contributed by atoms with Gasteiger partial charge in [0, 0.05) is 46.0 Å². The number of dihydropyridines is 1. The summed E-state index contributed by atoms with van der Waals surface area (Å²) in [5.41, 5.74) is 3.59. The molecule has 0 fully saturated rings. The van der Waals surface area contributed by atoms with Crippen LogP contribution in [0.15, 0.2) is 95.3 Å². The van der Waals surface area contributed by atoms with Gasteiger partial charge in [-0.1, -0.05) is 60.1 Å². The first-order valence-electron chi connectivity index (χ1n) is 11.6. The van der Waals surface area contributed by atoms with Crippen LogP contribution in [0.25, 0.3) is 0 Å². The predicted octanol–water partition coefficient (Wildman–Crippen LogP) is 6.62. The maximum Gasteiger partial charge on any atom is 0.254 e. The average Bonchev–Trinajstić information content (AvgIpc) is 2.85. The van der Waals surface area contributed by atoms with Crippen LogP contribution in [0.3, 0.4) is 0 Å². The molecule has 2 unspecified atom stereocenters. The van der Waals surface area contributed by atoms with Crippen molar-refractivity contribution in [3.63, 3.8) is 0 Å². The Hall–Kier alpha value is -3.77. The van der Waals surface area contributed by atoms with E-state index in [1.54, 1.807) is 31.2 Å². The number of Topliss-reactive ketones (excluding diaryl/α,β-unsaturated/α-hetero) is 1. The molecule has 5 rings (SSSR count). The third kappa shape index (κ3) is 4.44. The van der Waals surface area contributed by atoms with E-state index >= 15 is 0 Å². The minimum Gasteiger partial charge on any atom is -0.362 e. The van der Waals surface area contributed by atoms with Crippen LogP contribution in [-0.4, -0.2) is 11.7 Å². The Morgan fingerprint density at radius 2 is 1.72 bits per heavy atom. The molecule has 0 saturated heterocycles. The summed E-state index contributed by atoms with van der Waals surface area (Å²) < 4.78 is 27.7. The number of hydrogen-bond donors (Lipinski definition) is 2. The van der Waals surface area contributed by atoms with Gasteiger partial charge in [0.25, 0.3) is 5.91 Å². The summed E-state index contributed by atoms with van der Waals surface area (Å²) >= 11 is 6.57. The van der Waals surface area contributed by atoms with Crippen molar-refractivity contribution in [1.82, 2.24) is 5.32 Å². The second-order valence-corrected chi connectivity index (χ2v) is 9.43. The molecule has 0 radical (unpaired) electrons. The fourth-order valence-corrected chi connectivity index (χ4v) is 5.35. The first kappa shape index (κ1) is 23.9. The van der Waals surface area contributed by atoms with E-state index in [4.69, 9.17) is 11.6 Å². The molecule has 7 heteroatoms. The quantitative estimate of drug-likeness (QED) is 0.420. The Labute approximate surface area is 212 Å². The largest absolute Gasteiger partial charge is 0.362 e. The van der Waals surface area contributed by atoms with Crippen molar-refractivity contribution >= 4 is 29.0 Å². The van der Waals surface area contributed by atoms with Gasteiger partial charge in [0.15, 0.2) is 5.78 Å². The van der Waals surface area contributed by atoms with Gasteiger partial charge in [-0.2, -0.15) is 0 Å². The van der Waals surface area contributed by atoms with Crippen LogP contribution in [0.5, 0.6) is 0 Å². The summed E-state index contributed by atoms with van der Waals surface area (Å²) in [7, 11) is 0. The van der Waals surface area contributed by atoms with E-state index in [1.807, 2.05) is 30.3 Å². The number of carbonyl (C=O) groups is 2. The number of ketones is 1. The Morgan fingerprint density at radius 1 is 1.00 bits per heavy atom. The van der Waals surface area contributed by atoms with Crippen LogP contribution in [0.1, 0.15) is 42.7 Å². The lowest BCUT2D eigenvalue weighted by atomic mass is 9.71. The molecule has 182 valence electrons. The molecule has 0 spiro atoms. The molecule has 2 atom stereocenters. The number of rotatable bonds is 4. The van der Waals surface area contributed by atoms with Gasteiger partial charge in [0.2, 0.25) is 0 Å². The normalized spacial score (nSPS) is 19.6. The molecule has 0 aromatic heterocycles. The number of amides is 1. The second-order valence-electron chi connectivity index (χ2n) is 9.03. The van der Waals surface area contributed by atoms with Crippen LogP contribution in [0.4, 0.5) is 14.5 Å². The van der Waals surface area contributed by atoms with Crippen molar-refractivity contribution in [2.45, 2.75) is 31.6 Å². The van der Waals surface area contributed by atoms with Gasteiger partial charge in [-0.25, -0.2) is 8.78 Å². The summed E-state index contributed by atoms with van der Waals surface area (Å²) in [6.07, 6.45) is 0.900. The van der Waals surface area contributed by atoms with E-state index in [9.17, 15) is 18.4 Å². The molecule has 0 saturated carbocycles. The highest BCUT2D eigenvalue weighted by molar-refractivity contribution is 6.31. The van der Waals surface area contributed by atoms with E-state index in [1.165, 1.54) is 6.07 Å². The zero-order valence-corrected chi connectivity index (χ0v) is 20.2. The summed E-state index contributed by atoms with van der Waals surface area (Å²) in [6.45, 7) is 1.75. The third-order valence-corrected chi connectivity index (χ3v) is 7.08. The maximum atomic E-state index is 14.3. The van der Waals surface area contributed by atoms with Gasteiger partial charge >= 0.3 is 0 Å². The highest BCUT2D eigenvalue weighted by Gasteiger charge is 2.41. The van der Waals surface area contributed by atoms with Gasteiger partial charge in [0.05, 0.1) is 5.69 Å². The van der Waals surface area contributed by atoms with Gasteiger partial charge in [-0.15, -0.1) is 0 Å². The molecule has 2 aliphatic rings. The SMILES string of the molecule is CC1=C(C(=O)Nc2ccc(F)cc2F)C(c2ccccc2Cl)C2=C(CC(c3ccccc3)CC2=O)N1. The zero-order chi connectivity index (χ0) is 25.4. The molecular weight excluding hydrogens is 482 g/mol. The summed E-state index contributed by atoms with van der Waals surface area (Å²) in [5, 5.41) is 6.25.